The first-order chi connectivity index (χ1) is 10.3. The summed E-state index contributed by atoms with van der Waals surface area (Å²) >= 11 is 5.89. The average Bonchev–Trinajstić information content (AvgIpc) is 2.45. The van der Waals surface area contributed by atoms with E-state index in [0.717, 1.165) is 4.90 Å². The standard InChI is InChI=1S/C13H14ClNO6S/c14-9-3-1-2-4-11(9)21-7-12(16)15-5-6-22(19,20)8-10(15)13(17)18/h1-4,10H,5-8H2,(H,17,18). The van der Waals surface area contributed by atoms with Crippen LogP contribution < -0.4 is 4.74 Å². The van der Waals surface area contributed by atoms with E-state index in [4.69, 9.17) is 21.4 Å². The van der Waals surface area contributed by atoms with Crippen molar-refractivity contribution >= 4 is 33.3 Å². The summed E-state index contributed by atoms with van der Waals surface area (Å²) in [5.74, 6) is -2.49. The van der Waals surface area contributed by atoms with Gasteiger partial charge in [-0.05, 0) is 12.1 Å². The van der Waals surface area contributed by atoms with Crippen LogP contribution in [0.4, 0.5) is 0 Å². The molecule has 120 valence electrons. The number of halogens is 1. The van der Waals surface area contributed by atoms with Crippen molar-refractivity contribution in [3.05, 3.63) is 29.3 Å². The van der Waals surface area contributed by atoms with Crippen molar-refractivity contribution in [1.29, 1.82) is 0 Å². The number of sulfone groups is 1. The van der Waals surface area contributed by atoms with Gasteiger partial charge in [0, 0.05) is 6.54 Å². The molecule has 0 radical (unpaired) electrons. The maximum absolute atomic E-state index is 12.1. The second-order valence-electron chi connectivity index (χ2n) is 4.77. The summed E-state index contributed by atoms with van der Waals surface area (Å²) in [6.45, 7) is -0.572. The van der Waals surface area contributed by atoms with Crippen LogP contribution >= 0.6 is 11.6 Å². The Kier molecular flexibility index (Phi) is 4.92. The summed E-state index contributed by atoms with van der Waals surface area (Å²) < 4.78 is 28.3. The minimum absolute atomic E-state index is 0.163. The zero-order valence-electron chi connectivity index (χ0n) is 11.4. The number of amides is 1. The molecule has 1 unspecified atom stereocenters. The fourth-order valence-electron chi connectivity index (χ4n) is 2.09. The second kappa shape index (κ2) is 6.53. The molecule has 1 fully saturated rings. The Bertz CT molecular complexity index is 690. The second-order valence-corrected chi connectivity index (χ2v) is 7.41. The van der Waals surface area contributed by atoms with E-state index in [0.29, 0.717) is 10.8 Å². The lowest BCUT2D eigenvalue weighted by atomic mass is 10.2. The van der Waals surface area contributed by atoms with Gasteiger partial charge in [-0.25, -0.2) is 13.2 Å². The maximum Gasteiger partial charge on any atom is 0.327 e. The first-order valence-corrected chi connectivity index (χ1v) is 8.60. The number of aliphatic carboxylic acids is 1. The quantitative estimate of drug-likeness (QED) is 0.847. The van der Waals surface area contributed by atoms with Crippen LogP contribution in [0.3, 0.4) is 0 Å². The molecule has 1 amide bonds. The zero-order valence-corrected chi connectivity index (χ0v) is 13.0. The highest BCUT2D eigenvalue weighted by atomic mass is 35.5. The molecule has 2 rings (SSSR count). The molecule has 1 aliphatic rings. The Morgan fingerprint density at radius 3 is 2.68 bits per heavy atom. The van der Waals surface area contributed by atoms with Gasteiger partial charge in [0.05, 0.1) is 16.5 Å². The fraction of sp³-hybridized carbons (Fsp3) is 0.385. The summed E-state index contributed by atoms with van der Waals surface area (Å²) in [5.41, 5.74) is 0. The van der Waals surface area contributed by atoms with Crippen LogP contribution in [0.2, 0.25) is 5.02 Å². The van der Waals surface area contributed by atoms with Gasteiger partial charge in [-0.3, -0.25) is 4.79 Å². The number of nitrogens with zero attached hydrogens (tertiary/aromatic N) is 1. The van der Waals surface area contributed by atoms with Crippen LogP contribution in [-0.4, -0.2) is 61.0 Å². The molecular weight excluding hydrogens is 334 g/mol. The molecule has 22 heavy (non-hydrogen) atoms. The molecule has 1 heterocycles. The van der Waals surface area contributed by atoms with Gasteiger partial charge in [0.25, 0.3) is 5.91 Å². The molecule has 0 spiro atoms. The smallest absolute Gasteiger partial charge is 0.327 e. The van der Waals surface area contributed by atoms with E-state index in [2.05, 4.69) is 0 Å². The average molecular weight is 348 g/mol. The van der Waals surface area contributed by atoms with Gasteiger partial charge in [-0.1, -0.05) is 23.7 Å². The van der Waals surface area contributed by atoms with E-state index in [1.807, 2.05) is 0 Å². The zero-order chi connectivity index (χ0) is 16.3. The highest BCUT2D eigenvalue weighted by Gasteiger charge is 2.38. The van der Waals surface area contributed by atoms with Gasteiger partial charge in [0.2, 0.25) is 0 Å². The number of carbonyl (C=O) groups is 2. The van der Waals surface area contributed by atoms with Crippen molar-refractivity contribution in [1.82, 2.24) is 4.90 Å². The molecule has 1 N–H and O–H groups in total. The molecule has 0 aliphatic carbocycles. The lowest BCUT2D eigenvalue weighted by Crippen LogP contribution is -2.55. The van der Waals surface area contributed by atoms with Crippen LogP contribution in [-0.2, 0) is 19.4 Å². The number of hydrogen-bond donors (Lipinski definition) is 1. The highest BCUT2D eigenvalue weighted by Crippen LogP contribution is 2.23. The van der Waals surface area contributed by atoms with Crippen LogP contribution in [0.25, 0.3) is 0 Å². The fourth-order valence-corrected chi connectivity index (χ4v) is 3.73. The Morgan fingerprint density at radius 1 is 1.36 bits per heavy atom. The van der Waals surface area contributed by atoms with Crippen molar-refractivity contribution in [2.75, 3.05) is 24.7 Å². The van der Waals surface area contributed by atoms with Crippen LogP contribution in [0.1, 0.15) is 0 Å². The monoisotopic (exact) mass is 347 g/mol. The molecule has 0 bridgehead atoms. The minimum Gasteiger partial charge on any atom is -0.482 e. The lowest BCUT2D eigenvalue weighted by molar-refractivity contribution is -0.150. The summed E-state index contributed by atoms with van der Waals surface area (Å²) in [7, 11) is -3.45. The van der Waals surface area contributed by atoms with Gasteiger partial charge in [0.15, 0.2) is 16.4 Å². The molecule has 1 aliphatic heterocycles. The number of para-hydroxylation sites is 1. The van der Waals surface area contributed by atoms with Crippen molar-refractivity contribution in [2.24, 2.45) is 0 Å². The summed E-state index contributed by atoms with van der Waals surface area (Å²) in [4.78, 5) is 24.3. The molecule has 0 saturated carbocycles. The molecule has 1 aromatic carbocycles. The molecule has 1 atom stereocenters. The SMILES string of the molecule is O=C(O)C1CS(=O)(=O)CCN1C(=O)COc1ccccc1Cl. The number of hydrogen-bond acceptors (Lipinski definition) is 5. The normalized spacial score (nSPS) is 20.4. The van der Waals surface area contributed by atoms with E-state index in [1.54, 1.807) is 24.3 Å². The first-order valence-electron chi connectivity index (χ1n) is 6.40. The highest BCUT2D eigenvalue weighted by molar-refractivity contribution is 7.91. The number of rotatable bonds is 4. The number of benzene rings is 1. The Hall–Kier alpha value is -1.80. The lowest BCUT2D eigenvalue weighted by Gasteiger charge is -2.32. The predicted octanol–water partition coefficient (Wildman–Crippen LogP) is 0.429. The first kappa shape index (κ1) is 16.6. The molecule has 9 heteroatoms. The molecule has 1 saturated heterocycles. The van der Waals surface area contributed by atoms with E-state index in [1.165, 1.54) is 0 Å². The maximum atomic E-state index is 12.1. The Balaban J connectivity index is 2.05. The number of carboxylic acids is 1. The van der Waals surface area contributed by atoms with Crippen molar-refractivity contribution in [3.63, 3.8) is 0 Å². The minimum atomic E-state index is -3.45. The third-order valence-corrected chi connectivity index (χ3v) is 5.16. The van der Waals surface area contributed by atoms with E-state index >= 15 is 0 Å². The Morgan fingerprint density at radius 2 is 2.05 bits per heavy atom. The third-order valence-electron chi connectivity index (χ3n) is 3.22. The van der Waals surface area contributed by atoms with Crippen molar-refractivity contribution in [2.45, 2.75) is 6.04 Å². The summed E-state index contributed by atoms with van der Waals surface area (Å²) in [5, 5.41) is 9.42. The summed E-state index contributed by atoms with van der Waals surface area (Å²) in [6, 6.07) is 5.16. The molecule has 1 aromatic rings. The van der Waals surface area contributed by atoms with Crippen molar-refractivity contribution < 1.29 is 27.9 Å². The number of carbonyl (C=O) groups excluding carboxylic acids is 1. The van der Waals surface area contributed by atoms with Crippen LogP contribution in [0.15, 0.2) is 24.3 Å². The van der Waals surface area contributed by atoms with Crippen LogP contribution in [0.5, 0.6) is 5.75 Å². The van der Waals surface area contributed by atoms with E-state index in [-0.39, 0.29) is 12.3 Å². The van der Waals surface area contributed by atoms with Gasteiger partial charge >= 0.3 is 5.97 Å². The predicted molar refractivity (Wildman–Crippen MR) is 78.7 cm³/mol. The largest absolute Gasteiger partial charge is 0.482 e. The summed E-state index contributed by atoms with van der Waals surface area (Å²) in [6.07, 6.45) is 0. The Labute approximate surface area is 132 Å². The van der Waals surface area contributed by atoms with Gasteiger partial charge < -0.3 is 14.7 Å². The van der Waals surface area contributed by atoms with Gasteiger partial charge in [-0.15, -0.1) is 0 Å². The van der Waals surface area contributed by atoms with Crippen molar-refractivity contribution in [3.8, 4) is 5.75 Å². The van der Waals surface area contributed by atoms with Gasteiger partial charge in [-0.2, -0.15) is 0 Å². The third kappa shape index (κ3) is 3.89. The number of ether oxygens (including phenoxy) is 1. The number of carboxylic acid groups (broad SMARTS) is 1. The van der Waals surface area contributed by atoms with E-state index in [9.17, 15) is 18.0 Å². The molecular formula is C13H14ClNO6S. The van der Waals surface area contributed by atoms with E-state index < -0.39 is 40.1 Å². The van der Waals surface area contributed by atoms with Crippen LogP contribution in [0, 0.1) is 0 Å². The topological polar surface area (TPSA) is 101 Å². The molecule has 0 aromatic heterocycles. The van der Waals surface area contributed by atoms with Gasteiger partial charge in [0.1, 0.15) is 11.8 Å². The molecule has 7 nitrogen and oxygen atoms in total.